The molecule has 3 heterocycles. The standard InChI is InChI=1S/C21H21N3O4/c1-21(2,3)22-19(26)18(16-9-6-10-28-16)23-12-17(25)24-14-8-5-4-7-13(14)11-15(24)20(23)27/h4-11,18H,12H2,1-3H3,(H,22,26). The van der Waals surface area contributed by atoms with Crippen molar-refractivity contribution in [3.05, 3.63) is 60.2 Å². The number of carbonyl (C=O) groups excluding carboxylic acids is 3. The molecule has 144 valence electrons. The van der Waals surface area contributed by atoms with Gasteiger partial charge in [-0.05, 0) is 45.0 Å². The zero-order chi connectivity index (χ0) is 20.1. The fraction of sp³-hybridized carbons (Fsp3) is 0.286. The number of amides is 2. The summed E-state index contributed by atoms with van der Waals surface area (Å²) in [6.45, 7) is 5.34. The van der Waals surface area contributed by atoms with Crippen LogP contribution in [0.25, 0.3) is 10.9 Å². The van der Waals surface area contributed by atoms with E-state index in [2.05, 4.69) is 5.32 Å². The number of aromatic nitrogens is 1. The third-order valence-corrected chi connectivity index (χ3v) is 4.62. The summed E-state index contributed by atoms with van der Waals surface area (Å²) >= 11 is 0. The minimum absolute atomic E-state index is 0.215. The molecule has 4 rings (SSSR count). The average molecular weight is 379 g/mol. The first-order chi connectivity index (χ1) is 13.3. The molecule has 0 saturated carbocycles. The Morgan fingerprint density at radius 3 is 2.57 bits per heavy atom. The number of furan rings is 1. The molecule has 3 aromatic rings. The van der Waals surface area contributed by atoms with Crippen molar-refractivity contribution in [3.8, 4) is 0 Å². The summed E-state index contributed by atoms with van der Waals surface area (Å²) in [5.74, 6) is -0.738. The van der Waals surface area contributed by atoms with Gasteiger partial charge in [0.1, 0.15) is 18.0 Å². The van der Waals surface area contributed by atoms with Gasteiger partial charge in [-0.15, -0.1) is 0 Å². The third-order valence-electron chi connectivity index (χ3n) is 4.62. The fourth-order valence-corrected chi connectivity index (χ4v) is 3.53. The van der Waals surface area contributed by atoms with E-state index in [1.165, 1.54) is 15.7 Å². The predicted molar refractivity (Wildman–Crippen MR) is 103 cm³/mol. The molecule has 1 unspecified atom stereocenters. The van der Waals surface area contributed by atoms with Crippen molar-refractivity contribution in [3.63, 3.8) is 0 Å². The predicted octanol–water partition coefficient (Wildman–Crippen LogP) is 2.99. The van der Waals surface area contributed by atoms with Crippen molar-refractivity contribution in [1.29, 1.82) is 0 Å². The van der Waals surface area contributed by atoms with Gasteiger partial charge in [0.2, 0.25) is 0 Å². The molecule has 1 aliphatic rings. The molecular formula is C21H21N3O4. The zero-order valence-electron chi connectivity index (χ0n) is 15.9. The van der Waals surface area contributed by atoms with Crippen LogP contribution < -0.4 is 5.32 Å². The lowest BCUT2D eigenvalue weighted by Gasteiger charge is -2.34. The molecule has 7 heteroatoms. The normalized spacial score (nSPS) is 15.6. The van der Waals surface area contributed by atoms with Crippen LogP contribution in [0.4, 0.5) is 0 Å². The Bertz CT molecular complexity index is 1070. The van der Waals surface area contributed by atoms with Crippen LogP contribution in [0.5, 0.6) is 0 Å². The molecule has 0 spiro atoms. The lowest BCUT2D eigenvalue weighted by molar-refractivity contribution is -0.127. The fourth-order valence-electron chi connectivity index (χ4n) is 3.53. The number of hydrogen-bond donors (Lipinski definition) is 1. The lowest BCUT2D eigenvalue weighted by Crippen LogP contribution is -2.53. The molecule has 0 radical (unpaired) electrons. The monoisotopic (exact) mass is 379 g/mol. The highest BCUT2D eigenvalue weighted by Crippen LogP contribution is 2.30. The van der Waals surface area contributed by atoms with Gasteiger partial charge >= 0.3 is 0 Å². The van der Waals surface area contributed by atoms with Crippen LogP contribution in [0.1, 0.15) is 47.9 Å². The van der Waals surface area contributed by atoms with Crippen LogP contribution in [0.2, 0.25) is 0 Å². The second-order valence-corrected chi connectivity index (χ2v) is 7.91. The van der Waals surface area contributed by atoms with Gasteiger partial charge in [0.25, 0.3) is 17.7 Å². The minimum atomic E-state index is -1.03. The number of hydrogen-bond acceptors (Lipinski definition) is 4. The summed E-state index contributed by atoms with van der Waals surface area (Å²) < 4.78 is 6.87. The van der Waals surface area contributed by atoms with E-state index in [0.29, 0.717) is 11.3 Å². The van der Waals surface area contributed by atoms with Gasteiger partial charge in [0.05, 0.1) is 11.8 Å². The van der Waals surface area contributed by atoms with E-state index in [1.54, 1.807) is 24.3 Å². The Labute approximate surface area is 161 Å². The Hall–Kier alpha value is -3.35. The summed E-state index contributed by atoms with van der Waals surface area (Å²) in [5.41, 5.74) is 0.432. The SMILES string of the molecule is CC(C)(C)NC(=O)C(c1ccco1)N1CC(=O)n2c(cc3ccccc32)C1=O. The minimum Gasteiger partial charge on any atom is -0.467 e. The van der Waals surface area contributed by atoms with Crippen molar-refractivity contribution >= 4 is 28.6 Å². The van der Waals surface area contributed by atoms with E-state index < -0.39 is 17.5 Å². The quantitative estimate of drug-likeness (QED) is 0.758. The van der Waals surface area contributed by atoms with Crippen LogP contribution in [-0.2, 0) is 4.79 Å². The molecule has 7 nitrogen and oxygen atoms in total. The molecule has 0 saturated heterocycles. The summed E-state index contributed by atoms with van der Waals surface area (Å²) in [4.78, 5) is 40.5. The number of para-hydroxylation sites is 1. The van der Waals surface area contributed by atoms with E-state index in [-0.39, 0.29) is 24.1 Å². The smallest absolute Gasteiger partial charge is 0.272 e. The zero-order valence-corrected chi connectivity index (χ0v) is 15.9. The molecule has 0 fully saturated rings. The molecule has 0 aliphatic carbocycles. The first kappa shape index (κ1) is 18.0. The number of fused-ring (bicyclic) bond motifs is 3. The number of nitrogens with zero attached hydrogens (tertiary/aromatic N) is 2. The van der Waals surface area contributed by atoms with Crippen LogP contribution in [-0.4, -0.2) is 39.3 Å². The lowest BCUT2D eigenvalue weighted by atomic mass is 10.1. The van der Waals surface area contributed by atoms with E-state index >= 15 is 0 Å². The second kappa shape index (κ2) is 6.37. The number of nitrogens with one attached hydrogen (secondary N) is 1. The van der Waals surface area contributed by atoms with Crippen LogP contribution >= 0.6 is 0 Å². The molecule has 1 aromatic carbocycles. The highest BCUT2D eigenvalue weighted by Gasteiger charge is 2.41. The van der Waals surface area contributed by atoms with Crippen molar-refractivity contribution in [1.82, 2.24) is 14.8 Å². The third kappa shape index (κ3) is 2.98. The summed E-state index contributed by atoms with van der Waals surface area (Å²) in [7, 11) is 0. The Kier molecular flexibility index (Phi) is 4.10. The summed E-state index contributed by atoms with van der Waals surface area (Å²) in [5, 5.41) is 3.68. The molecular weight excluding hydrogens is 358 g/mol. The van der Waals surface area contributed by atoms with Gasteiger partial charge in [-0.3, -0.25) is 19.0 Å². The highest BCUT2D eigenvalue weighted by molar-refractivity contribution is 6.10. The van der Waals surface area contributed by atoms with Gasteiger partial charge in [0.15, 0.2) is 6.04 Å². The molecule has 1 atom stereocenters. The first-order valence-electron chi connectivity index (χ1n) is 9.06. The van der Waals surface area contributed by atoms with Crippen LogP contribution in [0.3, 0.4) is 0 Å². The van der Waals surface area contributed by atoms with E-state index in [9.17, 15) is 14.4 Å². The largest absolute Gasteiger partial charge is 0.467 e. The maximum Gasteiger partial charge on any atom is 0.272 e. The van der Waals surface area contributed by atoms with Gasteiger partial charge in [0, 0.05) is 10.9 Å². The van der Waals surface area contributed by atoms with E-state index in [4.69, 9.17) is 4.42 Å². The number of rotatable bonds is 3. The maximum atomic E-state index is 13.3. The molecule has 1 aliphatic heterocycles. The van der Waals surface area contributed by atoms with Crippen molar-refractivity contribution < 1.29 is 18.8 Å². The van der Waals surface area contributed by atoms with Gasteiger partial charge in [-0.2, -0.15) is 0 Å². The van der Waals surface area contributed by atoms with E-state index in [0.717, 1.165) is 5.39 Å². The number of benzene rings is 1. The summed E-state index contributed by atoms with van der Waals surface area (Å²) in [6.07, 6.45) is 1.44. The van der Waals surface area contributed by atoms with Crippen molar-refractivity contribution in [2.75, 3.05) is 6.54 Å². The van der Waals surface area contributed by atoms with Gasteiger partial charge < -0.3 is 14.6 Å². The molecule has 1 N–H and O–H groups in total. The average Bonchev–Trinajstić information content (AvgIpc) is 3.25. The molecule has 28 heavy (non-hydrogen) atoms. The first-order valence-corrected chi connectivity index (χ1v) is 9.06. The molecule has 2 aromatic heterocycles. The Morgan fingerprint density at radius 1 is 1.14 bits per heavy atom. The van der Waals surface area contributed by atoms with Crippen LogP contribution in [0.15, 0.2) is 53.1 Å². The topological polar surface area (TPSA) is 84.6 Å². The Morgan fingerprint density at radius 2 is 1.89 bits per heavy atom. The molecule has 2 amide bonds. The molecule has 0 bridgehead atoms. The van der Waals surface area contributed by atoms with Crippen molar-refractivity contribution in [2.24, 2.45) is 0 Å². The number of carbonyl (C=O) groups is 3. The van der Waals surface area contributed by atoms with Gasteiger partial charge in [-0.25, -0.2) is 0 Å². The summed E-state index contributed by atoms with van der Waals surface area (Å²) in [6, 6.07) is 11.3. The van der Waals surface area contributed by atoms with E-state index in [1.807, 2.05) is 39.0 Å². The maximum absolute atomic E-state index is 13.3. The highest BCUT2D eigenvalue weighted by atomic mass is 16.3. The van der Waals surface area contributed by atoms with Crippen LogP contribution in [0, 0.1) is 0 Å². The Balaban J connectivity index is 1.79. The van der Waals surface area contributed by atoms with Crippen molar-refractivity contribution in [2.45, 2.75) is 32.4 Å². The second-order valence-electron chi connectivity index (χ2n) is 7.91. The van der Waals surface area contributed by atoms with Gasteiger partial charge in [-0.1, -0.05) is 18.2 Å².